The first kappa shape index (κ1) is 18.1. The molecule has 1 aromatic heterocycles. The molecule has 0 spiro atoms. The van der Waals surface area contributed by atoms with Crippen LogP contribution in [-0.4, -0.2) is 20.4 Å². The topological polar surface area (TPSA) is 89.3 Å². The van der Waals surface area contributed by atoms with Gasteiger partial charge in [0.1, 0.15) is 4.21 Å². The number of amides is 1. The predicted octanol–water partition coefficient (Wildman–Crippen LogP) is 2.41. The zero-order valence-corrected chi connectivity index (χ0v) is 14.2. The molecule has 1 aromatic rings. The number of carbonyl (C=O) groups is 1. The van der Waals surface area contributed by atoms with Crippen LogP contribution in [0.5, 0.6) is 0 Å². The Morgan fingerprint density at radius 2 is 2.05 bits per heavy atom. The van der Waals surface area contributed by atoms with Crippen LogP contribution >= 0.6 is 11.3 Å². The van der Waals surface area contributed by atoms with Crippen LogP contribution in [0, 0.1) is 0 Å². The van der Waals surface area contributed by atoms with Crippen molar-refractivity contribution in [2.45, 2.75) is 62.6 Å². The van der Waals surface area contributed by atoms with Gasteiger partial charge in [0.15, 0.2) is 0 Å². The molecule has 0 bridgehead atoms. The minimum atomic E-state index is -3.67. The third-order valence-electron chi connectivity index (χ3n) is 3.15. The van der Waals surface area contributed by atoms with E-state index in [0.717, 1.165) is 24.2 Å². The maximum absolute atomic E-state index is 11.9. The molecule has 5 nitrogen and oxygen atoms in total. The Morgan fingerprint density at radius 1 is 1.33 bits per heavy atom. The zero-order chi connectivity index (χ0) is 15.9. The summed E-state index contributed by atoms with van der Waals surface area (Å²) >= 11 is 1.05. The van der Waals surface area contributed by atoms with Gasteiger partial charge in [0.25, 0.3) is 0 Å². The van der Waals surface area contributed by atoms with Crippen molar-refractivity contribution < 1.29 is 13.2 Å². The average molecular weight is 332 g/mol. The molecule has 1 heterocycles. The second kappa shape index (κ2) is 8.51. The molecule has 1 unspecified atom stereocenters. The minimum Gasteiger partial charge on any atom is -0.353 e. The highest BCUT2D eigenvalue weighted by Gasteiger charge is 2.14. The molecule has 120 valence electrons. The van der Waals surface area contributed by atoms with Crippen LogP contribution in [0.2, 0.25) is 0 Å². The number of hydrogen-bond acceptors (Lipinski definition) is 4. The van der Waals surface area contributed by atoms with Crippen molar-refractivity contribution in [2.75, 3.05) is 0 Å². The highest BCUT2D eigenvalue weighted by Crippen LogP contribution is 2.20. The smallest absolute Gasteiger partial charge is 0.247 e. The molecule has 1 amide bonds. The maximum Gasteiger partial charge on any atom is 0.247 e. The number of hydrogen-bond donors (Lipinski definition) is 2. The monoisotopic (exact) mass is 332 g/mol. The molecule has 0 aromatic carbocycles. The van der Waals surface area contributed by atoms with Crippen molar-refractivity contribution in [2.24, 2.45) is 5.14 Å². The van der Waals surface area contributed by atoms with E-state index in [-0.39, 0.29) is 22.6 Å². The summed E-state index contributed by atoms with van der Waals surface area (Å²) in [6.45, 7) is 4.16. The molecule has 1 rings (SSSR count). The fourth-order valence-electron chi connectivity index (χ4n) is 2.04. The summed E-state index contributed by atoms with van der Waals surface area (Å²) in [7, 11) is -3.67. The molecule has 1 atom stereocenters. The average Bonchev–Trinajstić information content (AvgIpc) is 2.82. The molecular weight excluding hydrogens is 308 g/mol. The highest BCUT2D eigenvalue weighted by molar-refractivity contribution is 7.91. The lowest BCUT2D eigenvalue weighted by atomic mass is 10.1. The van der Waals surface area contributed by atoms with Crippen molar-refractivity contribution in [3.8, 4) is 0 Å². The van der Waals surface area contributed by atoms with Gasteiger partial charge in [0.05, 0.1) is 6.42 Å². The van der Waals surface area contributed by atoms with Gasteiger partial charge in [-0.25, -0.2) is 13.6 Å². The Hall–Kier alpha value is -0.920. The van der Waals surface area contributed by atoms with Crippen molar-refractivity contribution in [1.29, 1.82) is 0 Å². The molecule has 3 N–H and O–H groups in total. The SMILES string of the molecule is CCCCCCC(C)NC(=O)Cc1ccc(S(N)(=O)=O)s1. The first-order valence-corrected chi connectivity index (χ1v) is 9.60. The summed E-state index contributed by atoms with van der Waals surface area (Å²) in [4.78, 5) is 12.6. The molecule has 0 saturated carbocycles. The fourth-order valence-corrected chi connectivity index (χ4v) is 3.82. The van der Waals surface area contributed by atoms with Crippen LogP contribution < -0.4 is 10.5 Å². The second-order valence-corrected chi connectivity index (χ2v) is 8.22. The van der Waals surface area contributed by atoms with Crippen molar-refractivity contribution in [1.82, 2.24) is 5.32 Å². The maximum atomic E-state index is 11.9. The highest BCUT2D eigenvalue weighted by atomic mass is 32.2. The normalized spacial score (nSPS) is 13.1. The van der Waals surface area contributed by atoms with E-state index in [0.29, 0.717) is 4.88 Å². The van der Waals surface area contributed by atoms with E-state index in [1.165, 1.54) is 25.3 Å². The Morgan fingerprint density at radius 3 is 2.62 bits per heavy atom. The number of thiophene rings is 1. The van der Waals surface area contributed by atoms with Gasteiger partial charge in [0, 0.05) is 10.9 Å². The number of primary sulfonamides is 1. The van der Waals surface area contributed by atoms with E-state index in [9.17, 15) is 13.2 Å². The molecule has 7 heteroatoms. The number of nitrogens with one attached hydrogen (secondary N) is 1. The first-order chi connectivity index (χ1) is 9.82. The fraction of sp³-hybridized carbons (Fsp3) is 0.643. The van der Waals surface area contributed by atoms with Crippen LogP contribution in [0.15, 0.2) is 16.3 Å². The van der Waals surface area contributed by atoms with Crippen LogP contribution in [0.25, 0.3) is 0 Å². The van der Waals surface area contributed by atoms with Gasteiger partial charge in [0.2, 0.25) is 15.9 Å². The molecule has 0 radical (unpaired) electrons. The third-order valence-corrected chi connectivity index (χ3v) is 5.67. The lowest BCUT2D eigenvalue weighted by molar-refractivity contribution is -0.121. The number of carbonyl (C=O) groups excluding carboxylic acids is 1. The van der Waals surface area contributed by atoms with E-state index in [4.69, 9.17) is 5.14 Å². The molecule has 21 heavy (non-hydrogen) atoms. The number of sulfonamides is 1. The van der Waals surface area contributed by atoms with Crippen LogP contribution in [0.4, 0.5) is 0 Å². The van der Waals surface area contributed by atoms with Crippen molar-refractivity contribution >= 4 is 27.3 Å². The van der Waals surface area contributed by atoms with Gasteiger partial charge in [-0.15, -0.1) is 11.3 Å². The summed E-state index contributed by atoms with van der Waals surface area (Å²) < 4.78 is 22.4. The van der Waals surface area contributed by atoms with Crippen LogP contribution in [0.3, 0.4) is 0 Å². The zero-order valence-electron chi connectivity index (χ0n) is 12.6. The quantitative estimate of drug-likeness (QED) is 0.681. The van der Waals surface area contributed by atoms with Gasteiger partial charge in [-0.3, -0.25) is 4.79 Å². The summed E-state index contributed by atoms with van der Waals surface area (Å²) in [6.07, 6.45) is 5.90. The summed E-state index contributed by atoms with van der Waals surface area (Å²) in [6, 6.07) is 3.22. The Bertz CT molecular complexity index is 552. The van der Waals surface area contributed by atoms with Gasteiger partial charge in [-0.2, -0.15) is 0 Å². The molecule has 0 aliphatic rings. The van der Waals surface area contributed by atoms with E-state index in [1.54, 1.807) is 6.07 Å². The van der Waals surface area contributed by atoms with E-state index in [1.807, 2.05) is 6.92 Å². The summed E-state index contributed by atoms with van der Waals surface area (Å²) in [5.41, 5.74) is 0. The second-order valence-electron chi connectivity index (χ2n) is 5.26. The van der Waals surface area contributed by atoms with E-state index >= 15 is 0 Å². The standard InChI is InChI=1S/C14H24N2O3S2/c1-3-4-5-6-7-11(2)16-13(17)10-12-8-9-14(20-12)21(15,18)19/h8-9,11H,3-7,10H2,1-2H3,(H,16,17)(H2,15,18,19). The molecule has 0 saturated heterocycles. The van der Waals surface area contributed by atoms with Gasteiger partial charge in [-0.1, -0.05) is 32.6 Å². The van der Waals surface area contributed by atoms with E-state index < -0.39 is 10.0 Å². The lowest BCUT2D eigenvalue weighted by Crippen LogP contribution is -2.33. The van der Waals surface area contributed by atoms with Crippen molar-refractivity contribution in [3.05, 3.63) is 17.0 Å². The van der Waals surface area contributed by atoms with Gasteiger partial charge >= 0.3 is 0 Å². The molecule has 0 aliphatic heterocycles. The Balaban J connectivity index is 2.38. The predicted molar refractivity (Wildman–Crippen MR) is 85.8 cm³/mol. The van der Waals surface area contributed by atoms with Crippen molar-refractivity contribution in [3.63, 3.8) is 0 Å². The van der Waals surface area contributed by atoms with Gasteiger partial charge in [-0.05, 0) is 25.5 Å². The Labute approximate surface area is 131 Å². The Kier molecular flexibility index (Phi) is 7.34. The minimum absolute atomic E-state index is 0.0826. The number of rotatable bonds is 9. The summed E-state index contributed by atoms with van der Waals surface area (Å²) in [5.74, 6) is -0.0826. The third kappa shape index (κ3) is 7.06. The lowest BCUT2D eigenvalue weighted by Gasteiger charge is -2.13. The summed E-state index contributed by atoms with van der Waals surface area (Å²) in [5, 5.41) is 7.98. The van der Waals surface area contributed by atoms with Crippen LogP contribution in [-0.2, 0) is 21.2 Å². The first-order valence-electron chi connectivity index (χ1n) is 7.23. The molecule has 0 fully saturated rings. The largest absolute Gasteiger partial charge is 0.353 e. The molecule has 0 aliphatic carbocycles. The van der Waals surface area contributed by atoms with Crippen LogP contribution in [0.1, 0.15) is 50.8 Å². The number of nitrogens with two attached hydrogens (primary N) is 1. The molecular formula is C14H24N2O3S2. The van der Waals surface area contributed by atoms with E-state index in [2.05, 4.69) is 12.2 Å². The van der Waals surface area contributed by atoms with Gasteiger partial charge < -0.3 is 5.32 Å². The number of unbranched alkanes of at least 4 members (excludes halogenated alkanes) is 3.